The van der Waals surface area contributed by atoms with Gasteiger partial charge in [0.15, 0.2) is 0 Å². The van der Waals surface area contributed by atoms with Crippen LogP contribution in [0.3, 0.4) is 0 Å². The van der Waals surface area contributed by atoms with Gasteiger partial charge in [-0.15, -0.1) is 23.2 Å². The molecule has 5 aliphatic carbocycles. The maximum atomic E-state index is 13.8. The number of amides is 2. The van der Waals surface area contributed by atoms with E-state index in [-0.39, 0.29) is 26.1 Å². The van der Waals surface area contributed by atoms with Gasteiger partial charge in [0.25, 0.3) is 0 Å². The molecule has 8 atom stereocenters. The molecule has 8 unspecified atom stereocenters. The maximum absolute atomic E-state index is 13.8. The first kappa shape index (κ1) is 28.2. The average molecular weight is 557 g/mol. The Kier molecular flexibility index (Phi) is 9.05. The van der Waals surface area contributed by atoms with Crippen molar-refractivity contribution in [2.45, 2.75) is 123 Å². The first-order valence-electron chi connectivity index (χ1n) is 12.8. The van der Waals surface area contributed by atoms with Crippen molar-refractivity contribution in [3.05, 3.63) is 0 Å². The first-order valence-corrected chi connectivity index (χ1v) is 13.7. The van der Waals surface area contributed by atoms with Gasteiger partial charge in [0.2, 0.25) is 11.8 Å². The summed E-state index contributed by atoms with van der Waals surface area (Å²) in [4.78, 5) is 25.2. The molecule has 206 valence electrons. The number of aliphatic hydroxyl groups is 2. The lowest BCUT2D eigenvalue weighted by atomic mass is 9.58. The highest BCUT2D eigenvalue weighted by Gasteiger charge is 2.61. The summed E-state index contributed by atoms with van der Waals surface area (Å²) in [7, 11) is 0. The number of carbonyl (C=O) groups excluding carboxylic acids is 2. The zero-order valence-electron chi connectivity index (χ0n) is 20.1. The number of rotatable bonds is 8. The number of hydrogen-bond acceptors (Lipinski definition) is 6. The molecule has 2 amide bonds. The highest BCUT2D eigenvalue weighted by Crippen LogP contribution is 2.47. The SMILES string of the molecule is O=C(COC1CCC(Cl)C(F)C1)NC12CCC(NC(=O)COC3CCC(Cl)C(F)C3)(CC1)C(O)C2O. The number of alkyl halides is 4. The molecule has 0 saturated heterocycles. The molecule has 0 aliphatic heterocycles. The minimum Gasteiger partial charge on any atom is -0.388 e. The van der Waals surface area contributed by atoms with Crippen LogP contribution in [-0.4, -0.2) is 93.8 Å². The Morgan fingerprint density at radius 1 is 0.750 bits per heavy atom. The second-order valence-electron chi connectivity index (χ2n) is 10.9. The van der Waals surface area contributed by atoms with Crippen LogP contribution in [0.15, 0.2) is 0 Å². The molecule has 5 fully saturated rings. The smallest absolute Gasteiger partial charge is 0.246 e. The minimum absolute atomic E-state index is 0.141. The number of halogens is 4. The quantitative estimate of drug-likeness (QED) is 0.340. The molecule has 5 rings (SSSR count). The van der Waals surface area contributed by atoms with Gasteiger partial charge in [-0.1, -0.05) is 0 Å². The molecular formula is C24H36Cl2F2N2O6. The molecule has 0 aromatic heterocycles. The number of ether oxygens (including phenoxy) is 2. The van der Waals surface area contributed by atoms with E-state index in [2.05, 4.69) is 10.6 Å². The molecular weight excluding hydrogens is 521 g/mol. The molecule has 2 bridgehead atoms. The fourth-order valence-electron chi connectivity index (χ4n) is 6.14. The van der Waals surface area contributed by atoms with E-state index >= 15 is 0 Å². The van der Waals surface area contributed by atoms with E-state index in [9.17, 15) is 28.6 Å². The van der Waals surface area contributed by atoms with Crippen molar-refractivity contribution in [2.24, 2.45) is 0 Å². The van der Waals surface area contributed by atoms with Crippen molar-refractivity contribution in [3.8, 4) is 0 Å². The highest BCUT2D eigenvalue weighted by atomic mass is 35.5. The zero-order chi connectivity index (χ0) is 26.1. The summed E-state index contributed by atoms with van der Waals surface area (Å²) in [5, 5.41) is 26.4. The molecule has 0 aromatic rings. The lowest BCUT2D eigenvalue weighted by molar-refractivity contribution is -0.169. The second-order valence-corrected chi connectivity index (χ2v) is 12.0. The van der Waals surface area contributed by atoms with Crippen molar-refractivity contribution in [3.63, 3.8) is 0 Å². The van der Waals surface area contributed by atoms with Gasteiger partial charge in [0.05, 0.1) is 34.0 Å². The fourth-order valence-corrected chi connectivity index (χ4v) is 6.60. The lowest BCUT2D eigenvalue weighted by Crippen LogP contribution is -2.77. The summed E-state index contributed by atoms with van der Waals surface area (Å²) in [6, 6.07) is 0. The van der Waals surface area contributed by atoms with Crippen LogP contribution in [0.5, 0.6) is 0 Å². The van der Waals surface area contributed by atoms with E-state index in [1.165, 1.54) is 0 Å². The molecule has 5 aliphatic rings. The fraction of sp³-hybridized carbons (Fsp3) is 0.917. The average Bonchev–Trinajstić information content (AvgIpc) is 2.85. The standard InChI is InChI=1S/C24H36Cl2F2N2O6/c25-15-3-1-13(9-17(15)27)35-11-19(31)29-23-5-7-24(8-6-23,22(34)21(23)33)30-20(32)12-36-14-2-4-16(26)18(28)10-14/h13-18,21-22,33-34H,1-12H2,(H,29,31)(H,30,32). The van der Waals surface area contributed by atoms with Gasteiger partial charge < -0.3 is 30.3 Å². The predicted molar refractivity (Wildman–Crippen MR) is 128 cm³/mol. The Hall–Kier alpha value is -0.780. The van der Waals surface area contributed by atoms with Crippen LogP contribution in [-0.2, 0) is 19.1 Å². The van der Waals surface area contributed by atoms with Gasteiger partial charge in [-0.2, -0.15) is 0 Å². The lowest BCUT2D eigenvalue weighted by Gasteiger charge is -2.58. The zero-order valence-corrected chi connectivity index (χ0v) is 21.7. The third-order valence-corrected chi connectivity index (χ3v) is 9.42. The van der Waals surface area contributed by atoms with Gasteiger partial charge in [0, 0.05) is 12.8 Å². The molecule has 0 heterocycles. The van der Waals surface area contributed by atoms with E-state index in [4.69, 9.17) is 32.7 Å². The van der Waals surface area contributed by atoms with E-state index in [0.717, 1.165) is 0 Å². The highest BCUT2D eigenvalue weighted by molar-refractivity contribution is 6.21. The predicted octanol–water partition coefficient (Wildman–Crippen LogP) is 2.03. The Bertz CT molecular complexity index is 739. The molecule has 0 radical (unpaired) electrons. The van der Waals surface area contributed by atoms with Crippen LogP contribution >= 0.6 is 23.2 Å². The van der Waals surface area contributed by atoms with Gasteiger partial charge in [0.1, 0.15) is 37.8 Å². The summed E-state index contributed by atoms with van der Waals surface area (Å²) in [6.07, 6.45) is -1.91. The molecule has 0 aromatic carbocycles. The number of fused-ring (bicyclic) bond motifs is 3. The number of aliphatic hydroxyl groups excluding tert-OH is 2. The largest absolute Gasteiger partial charge is 0.388 e. The summed E-state index contributed by atoms with van der Waals surface area (Å²) in [5.74, 6) is -0.899. The summed E-state index contributed by atoms with van der Waals surface area (Å²) < 4.78 is 38.8. The van der Waals surface area contributed by atoms with Gasteiger partial charge >= 0.3 is 0 Å². The molecule has 12 heteroatoms. The van der Waals surface area contributed by atoms with Crippen molar-refractivity contribution in [1.29, 1.82) is 0 Å². The molecule has 0 spiro atoms. The van der Waals surface area contributed by atoms with E-state index in [1.807, 2.05) is 0 Å². The third-order valence-electron chi connectivity index (χ3n) is 8.43. The van der Waals surface area contributed by atoms with Gasteiger partial charge in [-0.3, -0.25) is 9.59 Å². The summed E-state index contributed by atoms with van der Waals surface area (Å²) in [5.41, 5.74) is -2.06. The normalized spacial score (nSPS) is 44.7. The molecule has 5 saturated carbocycles. The Labute approximate surface area is 219 Å². The van der Waals surface area contributed by atoms with Crippen LogP contribution in [0.1, 0.15) is 64.2 Å². The topological polar surface area (TPSA) is 117 Å². The Morgan fingerprint density at radius 3 is 1.44 bits per heavy atom. The third kappa shape index (κ3) is 6.10. The van der Waals surface area contributed by atoms with Crippen molar-refractivity contribution < 1.29 is 38.1 Å². The van der Waals surface area contributed by atoms with Crippen molar-refractivity contribution >= 4 is 35.0 Å². The van der Waals surface area contributed by atoms with E-state index < -0.39 is 70.4 Å². The molecule has 8 nitrogen and oxygen atoms in total. The van der Waals surface area contributed by atoms with Crippen LogP contribution in [0.25, 0.3) is 0 Å². The first-order chi connectivity index (χ1) is 17.0. The summed E-state index contributed by atoms with van der Waals surface area (Å²) in [6.45, 7) is -0.557. The Balaban J connectivity index is 1.25. The van der Waals surface area contributed by atoms with Crippen LogP contribution in [0.2, 0.25) is 0 Å². The Morgan fingerprint density at radius 2 is 1.11 bits per heavy atom. The van der Waals surface area contributed by atoms with Crippen molar-refractivity contribution in [1.82, 2.24) is 10.6 Å². The minimum atomic E-state index is -1.29. The van der Waals surface area contributed by atoms with Crippen LogP contribution < -0.4 is 10.6 Å². The molecule has 4 N–H and O–H groups in total. The maximum Gasteiger partial charge on any atom is 0.246 e. The van der Waals surface area contributed by atoms with Crippen LogP contribution in [0.4, 0.5) is 8.78 Å². The monoisotopic (exact) mass is 556 g/mol. The van der Waals surface area contributed by atoms with Crippen molar-refractivity contribution in [2.75, 3.05) is 13.2 Å². The molecule has 36 heavy (non-hydrogen) atoms. The van der Waals surface area contributed by atoms with Crippen LogP contribution in [0, 0.1) is 0 Å². The number of hydrogen-bond donors (Lipinski definition) is 4. The van der Waals surface area contributed by atoms with E-state index in [1.54, 1.807) is 0 Å². The van der Waals surface area contributed by atoms with Gasteiger partial charge in [-0.25, -0.2) is 8.78 Å². The summed E-state index contributed by atoms with van der Waals surface area (Å²) >= 11 is 11.8. The van der Waals surface area contributed by atoms with Gasteiger partial charge in [-0.05, 0) is 51.4 Å². The number of carbonyl (C=O) groups is 2. The van der Waals surface area contributed by atoms with E-state index in [0.29, 0.717) is 51.4 Å². The second kappa shape index (κ2) is 11.5. The number of nitrogens with one attached hydrogen (secondary N) is 2.